The smallest absolute Gasteiger partial charge is 0.242 e. The molecule has 1 aromatic heterocycles. The number of imidazole rings is 1. The summed E-state index contributed by atoms with van der Waals surface area (Å²) in [7, 11) is 0. The first kappa shape index (κ1) is 15.0. The van der Waals surface area contributed by atoms with E-state index >= 15 is 0 Å². The SMILES string of the molecule is CC(C)CNCc1cn(CC(=O)N2CCOCC2)cn1. The molecule has 1 fully saturated rings. The lowest BCUT2D eigenvalue weighted by Crippen LogP contribution is -2.42. The van der Waals surface area contributed by atoms with Gasteiger partial charge in [-0.25, -0.2) is 4.98 Å². The van der Waals surface area contributed by atoms with Crippen LogP contribution in [0.3, 0.4) is 0 Å². The van der Waals surface area contributed by atoms with Crippen molar-refractivity contribution in [3.05, 3.63) is 18.2 Å². The molecule has 2 rings (SSSR count). The molecule has 0 radical (unpaired) electrons. The van der Waals surface area contributed by atoms with Gasteiger partial charge in [-0.1, -0.05) is 13.8 Å². The Hall–Kier alpha value is -1.40. The molecule has 1 aliphatic rings. The summed E-state index contributed by atoms with van der Waals surface area (Å²) in [5.41, 5.74) is 0.973. The highest BCUT2D eigenvalue weighted by Gasteiger charge is 2.16. The van der Waals surface area contributed by atoms with E-state index in [1.54, 1.807) is 6.33 Å². The van der Waals surface area contributed by atoms with E-state index in [9.17, 15) is 4.79 Å². The van der Waals surface area contributed by atoms with Crippen molar-refractivity contribution in [1.29, 1.82) is 0 Å². The number of hydrogen-bond acceptors (Lipinski definition) is 4. The fourth-order valence-electron chi connectivity index (χ4n) is 2.14. The fourth-order valence-corrected chi connectivity index (χ4v) is 2.14. The van der Waals surface area contributed by atoms with E-state index in [1.807, 2.05) is 15.7 Å². The lowest BCUT2D eigenvalue weighted by atomic mass is 10.2. The van der Waals surface area contributed by atoms with Crippen molar-refractivity contribution in [3.63, 3.8) is 0 Å². The van der Waals surface area contributed by atoms with Crippen LogP contribution in [0.4, 0.5) is 0 Å². The van der Waals surface area contributed by atoms with Gasteiger partial charge < -0.3 is 19.5 Å². The van der Waals surface area contributed by atoms with Crippen molar-refractivity contribution in [2.75, 3.05) is 32.8 Å². The molecule has 0 bridgehead atoms. The van der Waals surface area contributed by atoms with Crippen molar-refractivity contribution in [2.24, 2.45) is 5.92 Å². The maximum absolute atomic E-state index is 12.1. The van der Waals surface area contributed by atoms with Gasteiger partial charge in [0, 0.05) is 25.8 Å². The Labute approximate surface area is 120 Å². The number of carbonyl (C=O) groups is 1. The van der Waals surface area contributed by atoms with E-state index in [1.165, 1.54) is 0 Å². The van der Waals surface area contributed by atoms with Crippen LogP contribution < -0.4 is 5.32 Å². The van der Waals surface area contributed by atoms with Gasteiger partial charge in [0.25, 0.3) is 0 Å². The standard InChI is InChI=1S/C14H24N4O2/c1-12(2)7-15-8-13-9-17(11-16-13)10-14(19)18-3-5-20-6-4-18/h9,11-12,15H,3-8,10H2,1-2H3. The van der Waals surface area contributed by atoms with Crippen molar-refractivity contribution < 1.29 is 9.53 Å². The third-order valence-electron chi connectivity index (χ3n) is 3.23. The number of morpholine rings is 1. The number of carbonyl (C=O) groups excluding carboxylic acids is 1. The maximum atomic E-state index is 12.1. The number of rotatable bonds is 6. The summed E-state index contributed by atoms with van der Waals surface area (Å²) in [6, 6.07) is 0. The average Bonchev–Trinajstić information content (AvgIpc) is 2.87. The zero-order chi connectivity index (χ0) is 14.4. The summed E-state index contributed by atoms with van der Waals surface area (Å²) >= 11 is 0. The molecule has 112 valence electrons. The second-order valence-electron chi connectivity index (χ2n) is 5.56. The summed E-state index contributed by atoms with van der Waals surface area (Å²) in [6.45, 7) is 9.08. The summed E-state index contributed by atoms with van der Waals surface area (Å²) in [5.74, 6) is 0.757. The molecule has 0 spiro atoms. The predicted octanol–water partition coefficient (Wildman–Crippen LogP) is 0.488. The van der Waals surface area contributed by atoms with Crippen LogP contribution in [0, 0.1) is 5.92 Å². The number of aromatic nitrogens is 2. The van der Waals surface area contributed by atoms with Crippen molar-refractivity contribution in [2.45, 2.75) is 26.9 Å². The highest BCUT2D eigenvalue weighted by molar-refractivity contribution is 5.76. The van der Waals surface area contributed by atoms with Gasteiger partial charge in [0.05, 0.1) is 25.2 Å². The molecule has 1 aliphatic heterocycles. The Bertz CT molecular complexity index is 425. The third kappa shape index (κ3) is 4.61. The minimum absolute atomic E-state index is 0.132. The summed E-state index contributed by atoms with van der Waals surface area (Å²) in [5, 5.41) is 3.34. The molecule has 2 heterocycles. The van der Waals surface area contributed by atoms with Crippen LogP contribution >= 0.6 is 0 Å². The lowest BCUT2D eigenvalue weighted by Gasteiger charge is -2.26. The fraction of sp³-hybridized carbons (Fsp3) is 0.714. The molecule has 0 unspecified atom stereocenters. The summed E-state index contributed by atoms with van der Waals surface area (Å²) < 4.78 is 7.10. The first-order valence-corrected chi connectivity index (χ1v) is 7.22. The van der Waals surface area contributed by atoms with Gasteiger partial charge in [-0.2, -0.15) is 0 Å². The minimum Gasteiger partial charge on any atom is -0.378 e. The Morgan fingerprint density at radius 2 is 2.20 bits per heavy atom. The van der Waals surface area contributed by atoms with E-state index in [0.717, 1.165) is 18.8 Å². The Morgan fingerprint density at radius 1 is 1.45 bits per heavy atom. The number of nitrogens with one attached hydrogen (secondary N) is 1. The highest BCUT2D eigenvalue weighted by atomic mass is 16.5. The highest BCUT2D eigenvalue weighted by Crippen LogP contribution is 2.02. The predicted molar refractivity (Wildman–Crippen MR) is 76.2 cm³/mol. The zero-order valence-corrected chi connectivity index (χ0v) is 12.3. The van der Waals surface area contributed by atoms with E-state index in [2.05, 4.69) is 24.1 Å². The quantitative estimate of drug-likeness (QED) is 0.824. The van der Waals surface area contributed by atoms with Crippen LogP contribution in [-0.4, -0.2) is 53.2 Å². The van der Waals surface area contributed by atoms with E-state index in [4.69, 9.17) is 4.74 Å². The third-order valence-corrected chi connectivity index (χ3v) is 3.23. The number of ether oxygens (including phenoxy) is 1. The molecule has 0 atom stereocenters. The average molecular weight is 280 g/mol. The Morgan fingerprint density at radius 3 is 2.90 bits per heavy atom. The molecule has 0 aromatic carbocycles. The van der Waals surface area contributed by atoms with Crippen molar-refractivity contribution in [3.8, 4) is 0 Å². The number of amides is 1. The zero-order valence-electron chi connectivity index (χ0n) is 12.3. The monoisotopic (exact) mass is 280 g/mol. The largest absolute Gasteiger partial charge is 0.378 e. The van der Waals surface area contributed by atoms with Crippen LogP contribution in [0.2, 0.25) is 0 Å². The van der Waals surface area contributed by atoms with Crippen molar-refractivity contribution >= 4 is 5.91 Å². The molecule has 1 amide bonds. The lowest BCUT2D eigenvalue weighted by molar-refractivity contribution is -0.135. The van der Waals surface area contributed by atoms with E-state index in [0.29, 0.717) is 38.8 Å². The van der Waals surface area contributed by atoms with Gasteiger partial charge in [0.2, 0.25) is 5.91 Å². The molecular formula is C14H24N4O2. The van der Waals surface area contributed by atoms with Gasteiger partial charge >= 0.3 is 0 Å². The van der Waals surface area contributed by atoms with Gasteiger partial charge in [-0.05, 0) is 12.5 Å². The van der Waals surface area contributed by atoms with Crippen LogP contribution in [0.25, 0.3) is 0 Å². The molecule has 1 N–H and O–H groups in total. The van der Waals surface area contributed by atoms with Gasteiger partial charge in [0.1, 0.15) is 6.54 Å². The molecule has 6 heteroatoms. The second kappa shape index (κ2) is 7.40. The molecule has 0 saturated carbocycles. The van der Waals surface area contributed by atoms with Gasteiger partial charge in [0.15, 0.2) is 0 Å². The molecule has 6 nitrogen and oxygen atoms in total. The van der Waals surface area contributed by atoms with E-state index in [-0.39, 0.29) is 5.91 Å². The minimum atomic E-state index is 0.132. The maximum Gasteiger partial charge on any atom is 0.242 e. The molecule has 1 aromatic rings. The summed E-state index contributed by atoms with van der Waals surface area (Å²) in [6.07, 6.45) is 3.66. The first-order valence-electron chi connectivity index (χ1n) is 7.22. The normalized spacial score (nSPS) is 15.8. The number of hydrogen-bond donors (Lipinski definition) is 1. The summed E-state index contributed by atoms with van der Waals surface area (Å²) in [4.78, 5) is 18.2. The van der Waals surface area contributed by atoms with Crippen LogP contribution in [0.1, 0.15) is 19.5 Å². The van der Waals surface area contributed by atoms with Crippen LogP contribution in [0.5, 0.6) is 0 Å². The van der Waals surface area contributed by atoms with Crippen molar-refractivity contribution in [1.82, 2.24) is 19.8 Å². The Balaban J connectivity index is 1.78. The molecular weight excluding hydrogens is 256 g/mol. The van der Waals surface area contributed by atoms with Gasteiger partial charge in [-0.3, -0.25) is 4.79 Å². The van der Waals surface area contributed by atoms with Crippen LogP contribution in [0.15, 0.2) is 12.5 Å². The topological polar surface area (TPSA) is 59.4 Å². The number of nitrogens with zero attached hydrogens (tertiary/aromatic N) is 3. The second-order valence-corrected chi connectivity index (χ2v) is 5.56. The van der Waals surface area contributed by atoms with Gasteiger partial charge in [-0.15, -0.1) is 0 Å². The van der Waals surface area contributed by atoms with Crippen LogP contribution in [-0.2, 0) is 22.6 Å². The first-order chi connectivity index (χ1) is 9.65. The molecule has 0 aliphatic carbocycles. The Kier molecular flexibility index (Phi) is 5.55. The molecule has 20 heavy (non-hydrogen) atoms. The van der Waals surface area contributed by atoms with E-state index < -0.39 is 0 Å². The molecule has 1 saturated heterocycles.